The van der Waals surface area contributed by atoms with Crippen molar-refractivity contribution in [3.8, 4) is 0 Å². The molecule has 0 aromatic heterocycles. The fourth-order valence-corrected chi connectivity index (χ4v) is 2.52. The second kappa shape index (κ2) is 4.74. The van der Waals surface area contributed by atoms with Crippen LogP contribution in [0, 0.1) is 19.8 Å². The lowest BCUT2D eigenvalue weighted by molar-refractivity contribution is -0.140. The summed E-state index contributed by atoms with van der Waals surface area (Å²) >= 11 is 0. The summed E-state index contributed by atoms with van der Waals surface area (Å²) in [6.45, 7) is 4.17. The third-order valence-electron chi connectivity index (χ3n) is 3.41. The minimum Gasteiger partial charge on any atom is -0.481 e. The number of hydrogen-bond acceptors (Lipinski definition) is 1. The number of carbonyl (C=O) groups is 1. The van der Waals surface area contributed by atoms with E-state index in [1.54, 1.807) is 0 Å². The second-order valence-corrected chi connectivity index (χ2v) is 4.85. The monoisotopic (exact) mass is 230 g/mol. The number of hydrogen-bond donors (Lipinski definition) is 1. The molecule has 1 atom stereocenters. The van der Waals surface area contributed by atoms with Gasteiger partial charge in [-0.25, -0.2) is 0 Å². The minimum atomic E-state index is -0.702. The highest BCUT2D eigenvalue weighted by Gasteiger charge is 2.20. The van der Waals surface area contributed by atoms with Crippen molar-refractivity contribution in [2.45, 2.75) is 33.1 Å². The number of carboxylic acid groups (broad SMARTS) is 1. The molecule has 0 saturated carbocycles. The van der Waals surface area contributed by atoms with Crippen molar-refractivity contribution in [3.63, 3.8) is 0 Å². The van der Waals surface area contributed by atoms with Crippen molar-refractivity contribution in [2.75, 3.05) is 0 Å². The summed E-state index contributed by atoms with van der Waals surface area (Å²) in [6.07, 6.45) is 4.66. The Kier molecular flexibility index (Phi) is 3.32. The molecule has 2 rings (SSSR count). The molecule has 0 aliphatic heterocycles. The standard InChI is InChI=1S/C15H18O2/c1-10-6-7-14(11(2)8-10)12-4-3-5-13(9-12)15(16)17/h6-9,13H,3-5H2,1-2H3,(H,16,17). The van der Waals surface area contributed by atoms with Crippen LogP contribution < -0.4 is 0 Å². The normalized spacial score (nSPS) is 19.9. The van der Waals surface area contributed by atoms with Gasteiger partial charge in [0.1, 0.15) is 0 Å². The average Bonchev–Trinajstić information content (AvgIpc) is 2.29. The van der Waals surface area contributed by atoms with E-state index in [9.17, 15) is 4.79 Å². The van der Waals surface area contributed by atoms with Gasteiger partial charge in [-0.3, -0.25) is 4.79 Å². The summed E-state index contributed by atoms with van der Waals surface area (Å²) in [5, 5.41) is 9.07. The maximum absolute atomic E-state index is 11.0. The number of aryl methyl sites for hydroxylation is 2. The Bertz CT molecular complexity index is 472. The Morgan fingerprint density at radius 3 is 2.76 bits per heavy atom. The molecule has 1 aromatic rings. The van der Waals surface area contributed by atoms with Gasteiger partial charge in [-0.05, 0) is 49.8 Å². The first-order valence-electron chi connectivity index (χ1n) is 6.09. The number of aliphatic carboxylic acids is 1. The van der Waals surface area contributed by atoms with Gasteiger partial charge >= 0.3 is 5.97 Å². The lowest BCUT2D eigenvalue weighted by Gasteiger charge is -2.19. The quantitative estimate of drug-likeness (QED) is 0.843. The van der Waals surface area contributed by atoms with E-state index in [0.29, 0.717) is 0 Å². The zero-order valence-electron chi connectivity index (χ0n) is 10.4. The maximum Gasteiger partial charge on any atom is 0.310 e. The third kappa shape index (κ3) is 2.57. The van der Waals surface area contributed by atoms with Crippen molar-refractivity contribution in [1.29, 1.82) is 0 Å². The van der Waals surface area contributed by atoms with Crippen LogP contribution in [0.15, 0.2) is 24.3 Å². The molecule has 0 spiro atoms. The van der Waals surface area contributed by atoms with E-state index in [1.807, 2.05) is 6.08 Å². The van der Waals surface area contributed by atoms with Gasteiger partial charge < -0.3 is 5.11 Å². The van der Waals surface area contributed by atoms with Crippen LogP contribution >= 0.6 is 0 Å². The molecule has 0 bridgehead atoms. The van der Waals surface area contributed by atoms with Crippen LogP contribution in [0.25, 0.3) is 5.57 Å². The molecule has 1 aliphatic rings. The molecule has 0 radical (unpaired) electrons. The number of rotatable bonds is 2. The Morgan fingerprint density at radius 1 is 1.35 bits per heavy atom. The third-order valence-corrected chi connectivity index (χ3v) is 3.41. The topological polar surface area (TPSA) is 37.3 Å². The summed E-state index contributed by atoms with van der Waals surface area (Å²) in [4.78, 5) is 11.0. The molecule has 1 unspecified atom stereocenters. The van der Waals surface area contributed by atoms with Gasteiger partial charge in [0, 0.05) is 0 Å². The van der Waals surface area contributed by atoms with E-state index in [2.05, 4.69) is 32.0 Å². The molecular formula is C15H18O2. The van der Waals surface area contributed by atoms with Crippen LogP contribution in [-0.4, -0.2) is 11.1 Å². The zero-order valence-corrected chi connectivity index (χ0v) is 10.4. The summed E-state index contributed by atoms with van der Waals surface area (Å²) in [5.41, 5.74) is 4.89. The highest BCUT2D eigenvalue weighted by molar-refractivity contribution is 5.78. The first kappa shape index (κ1) is 11.9. The van der Waals surface area contributed by atoms with Crippen molar-refractivity contribution < 1.29 is 9.90 Å². The van der Waals surface area contributed by atoms with Crippen molar-refractivity contribution in [2.24, 2.45) is 5.92 Å². The molecule has 90 valence electrons. The van der Waals surface area contributed by atoms with Crippen molar-refractivity contribution in [1.82, 2.24) is 0 Å². The molecule has 0 heterocycles. The van der Waals surface area contributed by atoms with Crippen molar-refractivity contribution >= 4 is 11.5 Å². The maximum atomic E-state index is 11.0. The summed E-state index contributed by atoms with van der Waals surface area (Å²) < 4.78 is 0. The van der Waals surface area contributed by atoms with Crippen LogP contribution in [0.3, 0.4) is 0 Å². The molecule has 0 fully saturated rings. The van der Waals surface area contributed by atoms with Crippen LogP contribution in [0.4, 0.5) is 0 Å². The number of carboxylic acids is 1. The van der Waals surface area contributed by atoms with E-state index in [1.165, 1.54) is 22.3 Å². The first-order chi connectivity index (χ1) is 8.08. The molecule has 0 saturated heterocycles. The Labute approximate surface area is 102 Å². The first-order valence-corrected chi connectivity index (χ1v) is 6.09. The molecule has 2 heteroatoms. The lowest BCUT2D eigenvalue weighted by Crippen LogP contribution is -2.14. The Hall–Kier alpha value is -1.57. The minimum absolute atomic E-state index is 0.306. The molecular weight excluding hydrogens is 212 g/mol. The van der Waals surface area contributed by atoms with Crippen molar-refractivity contribution in [3.05, 3.63) is 41.0 Å². The molecule has 2 nitrogen and oxygen atoms in total. The smallest absolute Gasteiger partial charge is 0.310 e. The Balaban J connectivity index is 2.36. The van der Waals surface area contributed by atoms with Gasteiger partial charge in [-0.15, -0.1) is 0 Å². The molecule has 17 heavy (non-hydrogen) atoms. The van der Waals surface area contributed by atoms with Gasteiger partial charge in [-0.2, -0.15) is 0 Å². The van der Waals surface area contributed by atoms with Gasteiger partial charge in [0.2, 0.25) is 0 Å². The van der Waals surface area contributed by atoms with Crippen LogP contribution in [0.2, 0.25) is 0 Å². The van der Waals surface area contributed by atoms with E-state index in [-0.39, 0.29) is 5.92 Å². The second-order valence-electron chi connectivity index (χ2n) is 4.85. The van der Waals surface area contributed by atoms with Crippen LogP contribution in [0.1, 0.15) is 36.0 Å². The van der Waals surface area contributed by atoms with Crippen LogP contribution in [-0.2, 0) is 4.79 Å². The largest absolute Gasteiger partial charge is 0.481 e. The molecule has 1 aliphatic carbocycles. The van der Waals surface area contributed by atoms with E-state index < -0.39 is 5.97 Å². The van der Waals surface area contributed by atoms with E-state index >= 15 is 0 Å². The molecule has 1 N–H and O–H groups in total. The fraction of sp³-hybridized carbons (Fsp3) is 0.400. The predicted molar refractivity (Wildman–Crippen MR) is 68.9 cm³/mol. The average molecular weight is 230 g/mol. The van der Waals surface area contributed by atoms with Gasteiger partial charge in [-0.1, -0.05) is 29.8 Å². The van der Waals surface area contributed by atoms with Crippen LogP contribution in [0.5, 0.6) is 0 Å². The summed E-state index contributed by atoms with van der Waals surface area (Å²) in [7, 11) is 0. The molecule has 0 amide bonds. The lowest BCUT2D eigenvalue weighted by atomic mass is 9.85. The summed E-state index contributed by atoms with van der Waals surface area (Å²) in [5.74, 6) is -1.01. The predicted octanol–water partition coefficient (Wildman–Crippen LogP) is 3.57. The summed E-state index contributed by atoms with van der Waals surface area (Å²) in [6, 6.07) is 6.36. The fourth-order valence-electron chi connectivity index (χ4n) is 2.52. The zero-order chi connectivity index (χ0) is 12.4. The van der Waals surface area contributed by atoms with Gasteiger partial charge in [0.05, 0.1) is 5.92 Å². The highest BCUT2D eigenvalue weighted by Crippen LogP contribution is 2.31. The van der Waals surface area contributed by atoms with Gasteiger partial charge in [0.25, 0.3) is 0 Å². The Morgan fingerprint density at radius 2 is 2.12 bits per heavy atom. The van der Waals surface area contributed by atoms with E-state index in [0.717, 1.165) is 19.3 Å². The highest BCUT2D eigenvalue weighted by atomic mass is 16.4. The number of allylic oxidation sites excluding steroid dienone is 1. The SMILES string of the molecule is Cc1ccc(C2=CC(C(=O)O)CCC2)c(C)c1. The van der Waals surface area contributed by atoms with Gasteiger partial charge in [0.15, 0.2) is 0 Å². The van der Waals surface area contributed by atoms with E-state index in [4.69, 9.17) is 5.11 Å². The molecule has 1 aromatic carbocycles. The number of benzene rings is 1.